The van der Waals surface area contributed by atoms with Gasteiger partial charge in [-0.25, -0.2) is 4.79 Å². The fourth-order valence-electron chi connectivity index (χ4n) is 1.98. The molecule has 1 aliphatic rings. The molecule has 15 heavy (non-hydrogen) atoms. The lowest BCUT2D eigenvalue weighted by Crippen LogP contribution is -2.21. The van der Waals surface area contributed by atoms with Crippen LogP contribution in [0.15, 0.2) is 18.5 Å². The number of anilines is 1. The Morgan fingerprint density at radius 3 is 3.07 bits per heavy atom. The highest BCUT2D eigenvalue weighted by atomic mass is 16.4. The van der Waals surface area contributed by atoms with Gasteiger partial charge in [0.1, 0.15) is 5.56 Å². The molecule has 0 radical (unpaired) electrons. The van der Waals surface area contributed by atoms with Gasteiger partial charge in [0.05, 0.1) is 5.69 Å². The van der Waals surface area contributed by atoms with Crippen LogP contribution in [0.3, 0.4) is 0 Å². The van der Waals surface area contributed by atoms with Gasteiger partial charge in [-0.15, -0.1) is 0 Å². The average Bonchev–Trinajstić information content (AvgIpc) is 2.65. The number of pyridine rings is 1. The summed E-state index contributed by atoms with van der Waals surface area (Å²) in [7, 11) is 0. The molecular formula is C11H14N2O2. The zero-order valence-corrected chi connectivity index (χ0v) is 8.68. The van der Waals surface area contributed by atoms with E-state index in [2.05, 4.69) is 16.8 Å². The fraction of sp³-hybridized carbons (Fsp3) is 0.455. The summed E-state index contributed by atoms with van der Waals surface area (Å²) < 4.78 is 0. The van der Waals surface area contributed by atoms with E-state index in [1.807, 2.05) is 0 Å². The summed E-state index contributed by atoms with van der Waals surface area (Å²) in [5.41, 5.74) is 1.09. The van der Waals surface area contributed by atoms with E-state index < -0.39 is 5.97 Å². The van der Waals surface area contributed by atoms with E-state index in [0.717, 1.165) is 25.2 Å². The molecule has 1 aromatic rings. The van der Waals surface area contributed by atoms with Gasteiger partial charge in [-0.3, -0.25) is 4.98 Å². The van der Waals surface area contributed by atoms with Crippen molar-refractivity contribution < 1.29 is 9.90 Å². The van der Waals surface area contributed by atoms with Crippen LogP contribution in [0.2, 0.25) is 0 Å². The molecular weight excluding hydrogens is 192 g/mol. The number of carboxylic acid groups (broad SMARTS) is 1. The number of hydrogen-bond donors (Lipinski definition) is 1. The first-order valence-electron chi connectivity index (χ1n) is 5.10. The number of aromatic nitrogens is 1. The minimum atomic E-state index is -0.905. The van der Waals surface area contributed by atoms with Crippen LogP contribution in [0.1, 0.15) is 23.7 Å². The van der Waals surface area contributed by atoms with Crippen LogP contribution in [-0.2, 0) is 0 Å². The van der Waals surface area contributed by atoms with Crippen LogP contribution in [-0.4, -0.2) is 29.1 Å². The van der Waals surface area contributed by atoms with Crippen LogP contribution in [0.5, 0.6) is 0 Å². The average molecular weight is 206 g/mol. The summed E-state index contributed by atoms with van der Waals surface area (Å²) in [6.45, 7) is 4.05. The van der Waals surface area contributed by atoms with Gasteiger partial charge in [-0.05, 0) is 18.4 Å². The smallest absolute Gasteiger partial charge is 0.339 e. The molecule has 1 N–H and O–H groups in total. The lowest BCUT2D eigenvalue weighted by atomic mass is 10.2. The molecule has 0 spiro atoms. The number of carboxylic acids is 1. The summed E-state index contributed by atoms with van der Waals surface area (Å²) in [4.78, 5) is 17.0. The van der Waals surface area contributed by atoms with Gasteiger partial charge in [-0.1, -0.05) is 6.92 Å². The Bertz CT molecular complexity index is 379. The first-order chi connectivity index (χ1) is 7.18. The molecule has 0 bridgehead atoms. The number of nitrogens with zero attached hydrogens (tertiary/aromatic N) is 2. The molecule has 1 aliphatic heterocycles. The molecule has 4 nitrogen and oxygen atoms in total. The summed E-state index contributed by atoms with van der Waals surface area (Å²) in [5.74, 6) is -0.266. The topological polar surface area (TPSA) is 53.4 Å². The molecule has 0 aliphatic carbocycles. The number of carbonyl (C=O) groups is 1. The molecule has 0 unspecified atom stereocenters. The Kier molecular flexibility index (Phi) is 2.58. The van der Waals surface area contributed by atoms with Gasteiger partial charge in [0.2, 0.25) is 0 Å². The highest BCUT2D eigenvalue weighted by molar-refractivity contribution is 5.94. The number of hydrogen-bond acceptors (Lipinski definition) is 3. The quantitative estimate of drug-likeness (QED) is 0.799. The Hall–Kier alpha value is -1.58. The van der Waals surface area contributed by atoms with E-state index in [9.17, 15) is 4.79 Å². The summed E-state index contributed by atoms with van der Waals surface area (Å²) >= 11 is 0. The first-order valence-corrected chi connectivity index (χ1v) is 5.10. The van der Waals surface area contributed by atoms with Crippen LogP contribution in [0.25, 0.3) is 0 Å². The molecule has 1 aromatic heterocycles. The maximum atomic E-state index is 11.0. The molecule has 1 atom stereocenters. The van der Waals surface area contributed by atoms with Crippen molar-refractivity contribution in [2.75, 3.05) is 18.0 Å². The maximum absolute atomic E-state index is 11.0. The number of aromatic carboxylic acids is 1. The van der Waals surface area contributed by atoms with E-state index in [1.165, 1.54) is 6.20 Å². The molecule has 80 valence electrons. The van der Waals surface area contributed by atoms with Gasteiger partial charge in [0.25, 0.3) is 0 Å². The van der Waals surface area contributed by atoms with Crippen molar-refractivity contribution in [1.29, 1.82) is 0 Å². The molecule has 0 amide bonds. The second-order valence-electron chi connectivity index (χ2n) is 4.04. The largest absolute Gasteiger partial charge is 0.478 e. The van der Waals surface area contributed by atoms with E-state index in [4.69, 9.17) is 5.11 Å². The Labute approximate surface area is 88.6 Å². The van der Waals surface area contributed by atoms with E-state index in [-0.39, 0.29) is 0 Å². The standard InChI is InChI=1S/C11H14N2O2/c1-8-3-5-13(7-8)10-2-4-12-6-9(10)11(14)15/h2,4,6,8H,3,5,7H2,1H3,(H,14,15)/t8-/m0/s1. The first kappa shape index (κ1) is 9.96. The second kappa shape index (κ2) is 3.88. The third-order valence-electron chi connectivity index (χ3n) is 2.79. The molecule has 0 aromatic carbocycles. The molecule has 4 heteroatoms. The molecule has 0 saturated carbocycles. The Balaban J connectivity index is 2.31. The summed E-state index contributed by atoms with van der Waals surface area (Å²) in [5, 5.41) is 9.03. The van der Waals surface area contributed by atoms with E-state index >= 15 is 0 Å². The van der Waals surface area contributed by atoms with Crippen molar-refractivity contribution in [3.05, 3.63) is 24.0 Å². The third kappa shape index (κ3) is 1.93. The number of rotatable bonds is 2. The monoisotopic (exact) mass is 206 g/mol. The van der Waals surface area contributed by atoms with Crippen molar-refractivity contribution >= 4 is 11.7 Å². The Morgan fingerprint density at radius 2 is 2.47 bits per heavy atom. The van der Waals surface area contributed by atoms with Crippen LogP contribution in [0, 0.1) is 5.92 Å². The zero-order chi connectivity index (χ0) is 10.8. The predicted octanol–water partition coefficient (Wildman–Crippen LogP) is 1.63. The van der Waals surface area contributed by atoms with E-state index in [0.29, 0.717) is 11.5 Å². The van der Waals surface area contributed by atoms with Crippen molar-refractivity contribution in [2.24, 2.45) is 5.92 Å². The predicted molar refractivity (Wildman–Crippen MR) is 57.2 cm³/mol. The van der Waals surface area contributed by atoms with Crippen LogP contribution < -0.4 is 4.90 Å². The SMILES string of the molecule is C[C@H]1CCN(c2ccncc2C(=O)O)C1. The van der Waals surface area contributed by atoms with Crippen LogP contribution in [0.4, 0.5) is 5.69 Å². The molecule has 1 fully saturated rings. The third-order valence-corrected chi connectivity index (χ3v) is 2.79. The normalized spacial score (nSPS) is 20.6. The van der Waals surface area contributed by atoms with Crippen molar-refractivity contribution in [3.8, 4) is 0 Å². The molecule has 2 heterocycles. The summed E-state index contributed by atoms with van der Waals surface area (Å²) in [6.07, 6.45) is 4.19. The van der Waals surface area contributed by atoms with Gasteiger partial charge < -0.3 is 10.0 Å². The highest BCUT2D eigenvalue weighted by Gasteiger charge is 2.22. The van der Waals surface area contributed by atoms with Crippen molar-refractivity contribution in [3.63, 3.8) is 0 Å². The van der Waals surface area contributed by atoms with Crippen molar-refractivity contribution in [1.82, 2.24) is 4.98 Å². The van der Waals surface area contributed by atoms with Gasteiger partial charge in [0.15, 0.2) is 0 Å². The highest BCUT2D eigenvalue weighted by Crippen LogP contribution is 2.26. The zero-order valence-electron chi connectivity index (χ0n) is 8.68. The van der Waals surface area contributed by atoms with Crippen LogP contribution >= 0.6 is 0 Å². The lowest BCUT2D eigenvalue weighted by molar-refractivity contribution is 0.0697. The van der Waals surface area contributed by atoms with Gasteiger partial charge in [-0.2, -0.15) is 0 Å². The molecule has 1 saturated heterocycles. The Morgan fingerprint density at radius 1 is 1.67 bits per heavy atom. The minimum Gasteiger partial charge on any atom is -0.478 e. The lowest BCUT2D eigenvalue weighted by Gasteiger charge is -2.19. The van der Waals surface area contributed by atoms with E-state index in [1.54, 1.807) is 12.3 Å². The fourth-order valence-corrected chi connectivity index (χ4v) is 1.98. The molecule has 2 rings (SSSR count). The summed E-state index contributed by atoms with van der Waals surface area (Å²) in [6, 6.07) is 1.78. The van der Waals surface area contributed by atoms with Gasteiger partial charge >= 0.3 is 5.97 Å². The maximum Gasteiger partial charge on any atom is 0.339 e. The van der Waals surface area contributed by atoms with Crippen molar-refractivity contribution in [2.45, 2.75) is 13.3 Å². The van der Waals surface area contributed by atoms with Gasteiger partial charge in [0, 0.05) is 25.5 Å². The minimum absolute atomic E-state index is 0.298. The second-order valence-corrected chi connectivity index (χ2v) is 4.04.